The Morgan fingerprint density at radius 3 is 2.95 bits per heavy atom. The van der Waals surface area contributed by atoms with Crippen molar-refractivity contribution in [2.45, 2.75) is 25.3 Å². The second kappa shape index (κ2) is 4.53. The highest BCUT2D eigenvalue weighted by atomic mass is 19.1. The third-order valence-electron chi connectivity index (χ3n) is 3.62. The van der Waals surface area contributed by atoms with Crippen LogP contribution in [0, 0.1) is 12.7 Å². The van der Waals surface area contributed by atoms with Gasteiger partial charge in [0.1, 0.15) is 11.4 Å². The fraction of sp³-hybridized carbons (Fsp3) is 0.417. The SMILES string of the molecule is Cc1c(F)cc(N)c2c1CCC(CO)(N=[N+]=[N-])C2=O. The lowest BCUT2D eigenvalue weighted by atomic mass is 9.75. The van der Waals surface area contributed by atoms with Gasteiger partial charge in [0.05, 0.1) is 6.61 Å². The fourth-order valence-electron chi connectivity index (χ4n) is 2.44. The molecule has 0 bridgehead atoms. The van der Waals surface area contributed by atoms with E-state index in [1.807, 2.05) is 0 Å². The Morgan fingerprint density at radius 1 is 1.68 bits per heavy atom. The number of hydrogen-bond donors (Lipinski definition) is 2. The number of nitrogens with zero attached hydrogens (tertiary/aromatic N) is 3. The van der Waals surface area contributed by atoms with Crippen LogP contribution in [0.25, 0.3) is 10.4 Å². The zero-order chi connectivity index (χ0) is 14.2. The Hall–Kier alpha value is -2.11. The van der Waals surface area contributed by atoms with Crippen molar-refractivity contribution >= 4 is 11.5 Å². The highest BCUT2D eigenvalue weighted by molar-refractivity contribution is 6.09. The lowest BCUT2D eigenvalue weighted by Gasteiger charge is -2.32. The van der Waals surface area contributed by atoms with Gasteiger partial charge in [0.25, 0.3) is 0 Å². The second-order valence-electron chi connectivity index (χ2n) is 4.63. The van der Waals surface area contributed by atoms with E-state index in [4.69, 9.17) is 11.3 Å². The van der Waals surface area contributed by atoms with Crippen molar-refractivity contribution in [3.63, 3.8) is 0 Å². The van der Waals surface area contributed by atoms with Gasteiger partial charge in [0.2, 0.25) is 0 Å². The van der Waals surface area contributed by atoms with Gasteiger partial charge in [-0.2, -0.15) is 0 Å². The van der Waals surface area contributed by atoms with Crippen molar-refractivity contribution in [1.29, 1.82) is 0 Å². The lowest BCUT2D eigenvalue weighted by Crippen LogP contribution is -2.44. The molecule has 0 spiro atoms. The van der Waals surface area contributed by atoms with Gasteiger partial charge < -0.3 is 10.8 Å². The number of nitrogen functional groups attached to an aromatic ring is 1. The predicted molar refractivity (Wildman–Crippen MR) is 67.2 cm³/mol. The number of nitrogens with two attached hydrogens (primary N) is 1. The minimum Gasteiger partial charge on any atom is -0.398 e. The van der Waals surface area contributed by atoms with Gasteiger partial charge in [-0.05, 0) is 42.5 Å². The van der Waals surface area contributed by atoms with Crippen molar-refractivity contribution in [1.82, 2.24) is 0 Å². The van der Waals surface area contributed by atoms with Gasteiger partial charge in [-0.1, -0.05) is 5.11 Å². The number of Topliss-reactive ketones (excluding diaryl/α,β-unsaturated/α-hetero) is 1. The monoisotopic (exact) mass is 264 g/mol. The van der Waals surface area contributed by atoms with E-state index < -0.39 is 23.7 Å². The van der Waals surface area contributed by atoms with Crippen LogP contribution in [-0.2, 0) is 6.42 Å². The van der Waals surface area contributed by atoms with Crippen molar-refractivity contribution in [2.75, 3.05) is 12.3 Å². The van der Waals surface area contributed by atoms with Crippen molar-refractivity contribution in [3.05, 3.63) is 39.0 Å². The Kier molecular flexibility index (Phi) is 3.18. The third-order valence-corrected chi connectivity index (χ3v) is 3.62. The van der Waals surface area contributed by atoms with Crippen LogP contribution in [0.15, 0.2) is 11.2 Å². The summed E-state index contributed by atoms with van der Waals surface area (Å²) in [6.07, 6.45) is 0.470. The van der Waals surface area contributed by atoms with Crippen LogP contribution in [0.4, 0.5) is 10.1 Å². The van der Waals surface area contributed by atoms with Gasteiger partial charge in [0.15, 0.2) is 5.78 Å². The van der Waals surface area contributed by atoms with Crippen LogP contribution >= 0.6 is 0 Å². The smallest absolute Gasteiger partial charge is 0.179 e. The number of azide groups is 1. The van der Waals surface area contributed by atoms with Crippen molar-refractivity contribution < 1.29 is 14.3 Å². The molecule has 0 radical (unpaired) electrons. The molecule has 0 saturated heterocycles. The van der Waals surface area contributed by atoms with Crippen LogP contribution in [0.5, 0.6) is 0 Å². The molecular weight excluding hydrogens is 251 g/mol. The molecule has 1 atom stereocenters. The average Bonchev–Trinajstić information content (AvgIpc) is 2.38. The minimum atomic E-state index is -1.53. The Bertz CT molecular complexity index is 610. The van der Waals surface area contributed by atoms with E-state index in [1.54, 1.807) is 6.92 Å². The number of aliphatic hydroxyl groups is 1. The van der Waals surface area contributed by atoms with Crippen LogP contribution < -0.4 is 5.73 Å². The molecular formula is C12H13FN4O2. The first kappa shape index (κ1) is 13.3. The Morgan fingerprint density at radius 2 is 2.37 bits per heavy atom. The summed E-state index contributed by atoms with van der Waals surface area (Å²) in [5, 5.41) is 12.8. The molecule has 0 saturated carbocycles. The summed E-state index contributed by atoms with van der Waals surface area (Å²) in [7, 11) is 0. The first-order chi connectivity index (χ1) is 8.96. The largest absolute Gasteiger partial charge is 0.398 e. The summed E-state index contributed by atoms with van der Waals surface area (Å²) in [6.45, 7) is 0.978. The maximum atomic E-state index is 13.6. The van der Waals surface area contributed by atoms with Crippen LogP contribution in [0.1, 0.15) is 27.9 Å². The van der Waals surface area contributed by atoms with E-state index in [-0.39, 0.29) is 17.7 Å². The maximum absolute atomic E-state index is 13.6. The van der Waals surface area contributed by atoms with E-state index in [0.717, 1.165) is 6.07 Å². The quantitative estimate of drug-likeness (QED) is 0.368. The number of rotatable bonds is 2. The first-order valence-electron chi connectivity index (χ1n) is 5.76. The standard InChI is InChI=1S/C12H13FN4O2/c1-6-7-2-3-12(5-18,16-17-15)11(19)10(7)9(14)4-8(6)13/h4,18H,2-3,5,14H2,1H3. The molecule has 1 aliphatic rings. The van der Waals surface area contributed by atoms with Gasteiger partial charge >= 0.3 is 0 Å². The molecule has 2 rings (SSSR count). The molecule has 0 fully saturated rings. The van der Waals surface area contributed by atoms with E-state index in [2.05, 4.69) is 10.0 Å². The molecule has 3 N–H and O–H groups in total. The summed E-state index contributed by atoms with van der Waals surface area (Å²) in [5.41, 5.74) is 13.8. The summed E-state index contributed by atoms with van der Waals surface area (Å²) in [4.78, 5) is 15.0. The van der Waals surface area contributed by atoms with Gasteiger partial charge in [-0.15, -0.1) is 0 Å². The van der Waals surface area contributed by atoms with Crippen molar-refractivity contribution in [3.8, 4) is 0 Å². The van der Waals surface area contributed by atoms with Crippen molar-refractivity contribution in [2.24, 2.45) is 5.11 Å². The number of benzene rings is 1. The molecule has 1 aliphatic carbocycles. The fourth-order valence-corrected chi connectivity index (χ4v) is 2.44. The minimum absolute atomic E-state index is 0.00812. The predicted octanol–water partition coefficient (Wildman–Crippen LogP) is 1.89. The molecule has 100 valence electrons. The third kappa shape index (κ3) is 1.83. The zero-order valence-corrected chi connectivity index (χ0v) is 10.4. The van der Waals surface area contributed by atoms with Crippen LogP contribution in [0.2, 0.25) is 0 Å². The molecule has 7 heteroatoms. The molecule has 0 heterocycles. The summed E-state index contributed by atoms with van der Waals surface area (Å²) in [6, 6.07) is 1.08. The summed E-state index contributed by atoms with van der Waals surface area (Å²) >= 11 is 0. The number of halogens is 1. The number of ketones is 1. The van der Waals surface area contributed by atoms with E-state index in [1.165, 1.54) is 0 Å². The normalized spacial score (nSPS) is 21.7. The summed E-state index contributed by atoms with van der Waals surface area (Å²) in [5.74, 6) is -1.01. The number of hydrogen-bond acceptors (Lipinski definition) is 4. The van der Waals surface area contributed by atoms with Crippen LogP contribution in [-0.4, -0.2) is 23.0 Å². The number of fused-ring (bicyclic) bond motifs is 1. The molecule has 0 amide bonds. The molecule has 0 aliphatic heterocycles. The molecule has 0 aromatic heterocycles. The number of carbonyl (C=O) groups is 1. The molecule has 1 aromatic carbocycles. The Labute approximate surface area is 108 Å². The van der Waals surface area contributed by atoms with Crippen LogP contribution in [0.3, 0.4) is 0 Å². The average molecular weight is 264 g/mol. The highest BCUT2D eigenvalue weighted by Crippen LogP contribution is 2.37. The second-order valence-corrected chi connectivity index (χ2v) is 4.63. The summed E-state index contributed by atoms with van der Waals surface area (Å²) < 4.78 is 13.6. The molecule has 6 nitrogen and oxygen atoms in total. The first-order valence-corrected chi connectivity index (χ1v) is 5.76. The Balaban J connectivity index is 2.68. The molecule has 19 heavy (non-hydrogen) atoms. The lowest BCUT2D eigenvalue weighted by molar-refractivity contribution is 0.0781. The van der Waals surface area contributed by atoms with E-state index in [0.29, 0.717) is 17.5 Å². The van der Waals surface area contributed by atoms with Gasteiger partial charge in [-0.25, -0.2) is 4.39 Å². The van der Waals surface area contributed by atoms with E-state index >= 15 is 0 Å². The van der Waals surface area contributed by atoms with Gasteiger partial charge in [0, 0.05) is 16.2 Å². The molecule has 1 unspecified atom stereocenters. The number of anilines is 1. The maximum Gasteiger partial charge on any atom is 0.179 e. The zero-order valence-electron chi connectivity index (χ0n) is 10.4. The highest BCUT2D eigenvalue weighted by Gasteiger charge is 2.43. The number of aliphatic hydroxyl groups excluding tert-OH is 1. The topological polar surface area (TPSA) is 112 Å². The van der Waals surface area contributed by atoms with E-state index in [9.17, 15) is 14.3 Å². The van der Waals surface area contributed by atoms with Gasteiger partial charge in [-0.3, -0.25) is 4.79 Å². The number of carbonyl (C=O) groups excluding carboxylic acids is 1. The molecule has 1 aromatic rings.